The van der Waals surface area contributed by atoms with Crippen molar-refractivity contribution in [3.05, 3.63) is 115 Å². The summed E-state index contributed by atoms with van der Waals surface area (Å²) in [6, 6.07) is 18.7. The minimum Gasteiger partial charge on any atom is -0.450 e. The maximum absolute atomic E-state index is 14.9. The third-order valence-corrected chi connectivity index (χ3v) is 8.86. The van der Waals surface area contributed by atoms with Crippen LogP contribution < -0.4 is 15.2 Å². The molecule has 0 saturated heterocycles. The molecule has 2 aromatic heterocycles. The summed E-state index contributed by atoms with van der Waals surface area (Å²) in [5, 5.41) is 9.58. The van der Waals surface area contributed by atoms with Gasteiger partial charge >= 0.3 is 0 Å². The zero-order valence-corrected chi connectivity index (χ0v) is 23.1. The number of aromatic nitrogens is 2. The molecule has 0 saturated carbocycles. The van der Waals surface area contributed by atoms with Gasteiger partial charge in [0.05, 0.1) is 23.2 Å². The van der Waals surface area contributed by atoms with Crippen LogP contribution in [0.25, 0.3) is 11.0 Å². The molecule has 1 atom stereocenters. The highest BCUT2D eigenvalue weighted by Gasteiger charge is 2.66. The van der Waals surface area contributed by atoms with Crippen LogP contribution in [0.15, 0.2) is 69.9 Å². The standard InChI is InChI=1S/C31H24N4O4S/c1-16-9-5-6-10-20(16)15-34-23-12-8-7-11-22(23)31(29(34)38)25-26(36)21-13-17(2)18(3)14-24(21)39-27(25)28(37)35(31)30-33-32-19(4)40-30/h5-14H,15H2,1-4H3. The van der Waals surface area contributed by atoms with Crippen LogP contribution in [0, 0.1) is 27.7 Å². The van der Waals surface area contributed by atoms with Crippen molar-refractivity contribution < 1.29 is 14.0 Å². The van der Waals surface area contributed by atoms with E-state index in [4.69, 9.17) is 4.42 Å². The van der Waals surface area contributed by atoms with E-state index in [-0.39, 0.29) is 23.0 Å². The van der Waals surface area contributed by atoms with Crippen LogP contribution in [0.2, 0.25) is 0 Å². The van der Waals surface area contributed by atoms with E-state index in [1.807, 2.05) is 63.2 Å². The van der Waals surface area contributed by atoms with E-state index < -0.39 is 22.8 Å². The number of fused-ring (bicyclic) bond motifs is 5. The number of hydrogen-bond donors (Lipinski definition) is 0. The predicted molar refractivity (Wildman–Crippen MR) is 153 cm³/mol. The molecule has 198 valence electrons. The fourth-order valence-electron chi connectivity index (χ4n) is 5.91. The first-order valence-corrected chi connectivity index (χ1v) is 13.7. The minimum absolute atomic E-state index is 0.0193. The molecule has 1 unspecified atom stereocenters. The normalized spacial score (nSPS) is 17.8. The molecule has 3 aromatic carbocycles. The Kier molecular flexibility index (Phi) is 5.15. The second kappa shape index (κ2) is 8.43. The van der Waals surface area contributed by atoms with Crippen molar-refractivity contribution in [3.63, 3.8) is 0 Å². The average molecular weight is 549 g/mol. The molecule has 2 aliphatic heterocycles. The third-order valence-electron chi connectivity index (χ3n) is 8.04. The SMILES string of the molecule is Cc1nnc(N2C(=O)c3oc4cc(C)c(C)cc4c(=O)c3C23C(=O)N(Cc2ccccc2C)c2ccccc23)s1. The first kappa shape index (κ1) is 24.4. The number of carbonyl (C=O) groups is 2. The number of hydrogen-bond acceptors (Lipinski definition) is 7. The third kappa shape index (κ3) is 3.09. The Morgan fingerprint density at radius 3 is 2.35 bits per heavy atom. The monoisotopic (exact) mass is 548 g/mol. The summed E-state index contributed by atoms with van der Waals surface area (Å²) in [7, 11) is 0. The van der Waals surface area contributed by atoms with Gasteiger partial charge in [-0.3, -0.25) is 19.3 Å². The second-order valence-electron chi connectivity index (χ2n) is 10.4. The van der Waals surface area contributed by atoms with Gasteiger partial charge < -0.3 is 9.32 Å². The number of anilines is 2. The van der Waals surface area contributed by atoms with E-state index in [9.17, 15) is 14.4 Å². The number of rotatable bonds is 3. The van der Waals surface area contributed by atoms with Crippen LogP contribution in [0.3, 0.4) is 0 Å². The van der Waals surface area contributed by atoms with Crippen molar-refractivity contribution in [2.75, 3.05) is 9.80 Å². The fraction of sp³-hybridized carbons (Fsp3) is 0.194. The molecule has 2 aliphatic rings. The molecule has 0 aliphatic carbocycles. The molecule has 1 spiro atoms. The number of carbonyl (C=O) groups excluding carboxylic acids is 2. The molecule has 5 aromatic rings. The molecule has 9 heteroatoms. The number of para-hydroxylation sites is 1. The lowest BCUT2D eigenvalue weighted by Crippen LogP contribution is -2.53. The molecule has 0 bridgehead atoms. The maximum atomic E-state index is 14.9. The molecule has 40 heavy (non-hydrogen) atoms. The smallest absolute Gasteiger partial charge is 0.297 e. The summed E-state index contributed by atoms with van der Waals surface area (Å²) in [5.41, 5.74) is 3.13. The highest BCUT2D eigenvalue weighted by atomic mass is 32.1. The lowest BCUT2D eigenvalue weighted by atomic mass is 9.84. The number of amides is 2. The van der Waals surface area contributed by atoms with Crippen LogP contribution in [0.5, 0.6) is 0 Å². The van der Waals surface area contributed by atoms with Crippen LogP contribution in [-0.2, 0) is 16.9 Å². The van der Waals surface area contributed by atoms with Gasteiger partial charge in [-0.05, 0) is 68.1 Å². The molecule has 8 nitrogen and oxygen atoms in total. The molecular weight excluding hydrogens is 524 g/mol. The van der Waals surface area contributed by atoms with Gasteiger partial charge in [0, 0.05) is 5.56 Å². The largest absolute Gasteiger partial charge is 0.450 e. The van der Waals surface area contributed by atoms with Crippen LogP contribution in [-0.4, -0.2) is 22.0 Å². The first-order chi connectivity index (χ1) is 19.2. The van der Waals surface area contributed by atoms with Gasteiger partial charge in [-0.25, -0.2) is 0 Å². The lowest BCUT2D eigenvalue weighted by Gasteiger charge is -2.32. The summed E-state index contributed by atoms with van der Waals surface area (Å²) in [6.07, 6.45) is 0. The Balaban J connectivity index is 1.58. The summed E-state index contributed by atoms with van der Waals surface area (Å²) >= 11 is 1.19. The molecule has 0 N–H and O–H groups in total. The second-order valence-corrected chi connectivity index (χ2v) is 11.5. The van der Waals surface area contributed by atoms with Crippen LogP contribution in [0.4, 0.5) is 10.8 Å². The highest BCUT2D eigenvalue weighted by molar-refractivity contribution is 7.15. The van der Waals surface area contributed by atoms with Crippen molar-refractivity contribution in [2.24, 2.45) is 0 Å². The summed E-state index contributed by atoms with van der Waals surface area (Å²) < 4.78 is 6.21. The number of nitrogens with zero attached hydrogens (tertiary/aromatic N) is 4. The Hall–Kier alpha value is -4.63. The van der Waals surface area contributed by atoms with Gasteiger partial charge in [0.25, 0.3) is 11.8 Å². The molecule has 7 rings (SSSR count). The van der Waals surface area contributed by atoms with E-state index in [2.05, 4.69) is 10.2 Å². The predicted octanol–water partition coefficient (Wildman–Crippen LogP) is 5.33. The number of benzene rings is 3. The van der Waals surface area contributed by atoms with Gasteiger partial charge in [-0.15, -0.1) is 10.2 Å². The molecular formula is C31H24N4O4S. The molecule has 2 amide bonds. The summed E-state index contributed by atoms with van der Waals surface area (Å²) in [5.74, 6) is -1.15. The van der Waals surface area contributed by atoms with Gasteiger partial charge in [0.2, 0.25) is 10.9 Å². The van der Waals surface area contributed by atoms with E-state index in [0.29, 0.717) is 27.2 Å². The van der Waals surface area contributed by atoms with Gasteiger partial charge in [-0.2, -0.15) is 0 Å². The average Bonchev–Trinajstić information content (AvgIpc) is 3.55. The Labute approximate surface area is 233 Å². The lowest BCUT2D eigenvalue weighted by molar-refractivity contribution is -0.121. The van der Waals surface area contributed by atoms with Crippen LogP contribution in [0.1, 0.15) is 48.9 Å². The number of aryl methyl sites for hydroxylation is 4. The Morgan fingerprint density at radius 1 is 0.875 bits per heavy atom. The van der Waals surface area contributed by atoms with Crippen molar-refractivity contribution in [1.29, 1.82) is 0 Å². The molecule has 0 radical (unpaired) electrons. The van der Waals surface area contributed by atoms with Gasteiger partial charge in [0.1, 0.15) is 10.6 Å². The Morgan fingerprint density at radius 2 is 1.60 bits per heavy atom. The van der Waals surface area contributed by atoms with E-state index in [1.54, 1.807) is 30.0 Å². The first-order valence-electron chi connectivity index (χ1n) is 12.9. The van der Waals surface area contributed by atoms with Crippen molar-refractivity contribution in [2.45, 2.75) is 39.8 Å². The topological polar surface area (TPSA) is 96.6 Å². The fourth-order valence-corrected chi connectivity index (χ4v) is 6.65. The molecule has 4 heterocycles. The van der Waals surface area contributed by atoms with Crippen LogP contribution >= 0.6 is 11.3 Å². The van der Waals surface area contributed by atoms with E-state index in [1.165, 1.54) is 16.2 Å². The van der Waals surface area contributed by atoms with Crippen molar-refractivity contribution in [1.82, 2.24) is 10.2 Å². The van der Waals surface area contributed by atoms with E-state index >= 15 is 0 Å². The molecule has 0 fully saturated rings. The van der Waals surface area contributed by atoms with Gasteiger partial charge in [0.15, 0.2) is 11.0 Å². The zero-order chi connectivity index (χ0) is 27.9. The van der Waals surface area contributed by atoms with Crippen molar-refractivity contribution in [3.8, 4) is 0 Å². The van der Waals surface area contributed by atoms with Crippen molar-refractivity contribution >= 4 is 44.9 Å². The van der Waals surface area contributed by atoms with Gasteiger partial charge in [-0.1, -0.05) is 53.8 Å². The summed E-state index contributed by atoms with van der Waals surface area (Å²) in [6.45, 7) is 7.88. The maximum Gasteiger partial charge on any atom is 0.297 e. The Bertz CT molecular complexity index is 1980. The minimum atomic E-state index is -1.79. The van der Waals surface area contributed by atoms with E-state index in [0.717, 1.165) is 22.3 Å². The zero-order valence-electron chi connectivity index (χ0n) is 22.3. The summed E-state index contributed by atoms with van der Waals surface area (Å²) in [4.78, 5) is 46.6. The quantitative estimate of drug-likeness (QED) is 0.302. The highest BCUT2D eigenvalue weighted by Crippen LogP contribution is 2.54.